The lowest BCUT2D eigenvalue weighted by molar-refractivity contribution is -0.144. The first kappa shape index (κ1) is 60.9. The molecule has 3 aromatic carbocycles. The van der Waals surface area contributed by atoms with E-state index in [0.29, 0.717) is 54.7 Å². The number of unbranched alkanes of at least 4 members (excludes halogenated alkanes) is 4. The highest BCUT2D eigenvalue weighted by molar-refractivity contribution is 7.22. The normalized spacial score (nSPS) is 21.9. The molecule has 7 aromatic rings. The molecular formula is C69H83N11O6S2. The van der Waals surface area contributed by atoms with E-state index < -0.39 is 29.5 Å². The van der Waals surface area contributed by atoms with Crippen molar-refractivity contribution in [2.75, 3.05) is 29.9 Å². The van der Waals surface area contributed by atoms with E-state index in [-0.39, 0.29) is 54.5 Å². The van der Waals surface area contributed by atoms with Gasteiger partial charge in [0, 0.05) is 67.9 Å². The number of β-amino-alcohol motifs (C(OH)–C–C–N with tert-alkyl or cyclic N) is 1. The Labute approximate surface area is 523 Å². The number of rotatable bonds is 21. The summed E-state index contributed by atoms with van der Waals surface area (Å²) in [4.78, 5) is 89.2. The highest BCUT2D eigenvalue weighted by atomic mass is 32.1. The first-order valence-corrected chi connectivity index (χ1v) is 33.5. The Morgan fingerprint density at radius 2 is 1.55 bits per heavy atom. The molecule has 6 heterocycles. The van der Waals surface area contributed by atoms with Gasteiger partial charge in [0.2, 0.25) is 17.7 Å². The third-order valence-corrected chi connectivity index (χ3v) is 21.4. The number of aryl methyl sites for hydroxylation is 1. The van der Waals surface area contributed by atoms with Gasteiger partial charge < -0.3 is 30.9 Å². The van der Waals surface area contributed by atoms with E-state index in [2.05, 4.69) is 53.8 Å². The number of amides is 5. The third kappa shape index (κ3) is 13.2. The largest absolute Gasteiger partial charge is 0.391 e. The Hall–Kier alpha value is -7.35. The number of likely N-dealkylation sites (tertiary alicyclic amines) is 1. The second-order valence-corrected chi connectivity index (χ2v) is 28.9. The summed E-state index contributed by atoms with van der Waals surface area (Å²) in [6.07, 6.45) is 13.9. The van der Waals surface area contributed by atoms with Crippen molar-refractivity contribution >= 4 is 73.4 Å². The SMILES string of the molecule is Cc1ncsc1-c1ccc([C@H](C)NC(=O)[C@@H]2C[C@@H](O)CN2C(=O)C(NC(=O)CCCCCCCNC(=O)c2nc(N3CCc4cccc(C(=O)Nc5nc6ccccc6s5)c4C3)ccc2-c2cnn(CC34CC5CC(CC(C5)C3)C4)c2C)C(C)(C)C)cc1. The molecule has 17 nitrogen and oxygen atoms in total. The van der Waals surface area contributed by atoms with Gasteiger partial charge in [-0.05, 0) is 160 Å². The van der Waals surface area contributed by atoms with Crippen LogP contribution in [0.15, 0.2) is 90.6 Å². The van der Waals surface area contributed by atoms with Crippen LogP contribution < -0.4 is 26.2 Å². The number of pyridine rings is 1. The number of aromatic nitrogens is 5. The van der Waals surface area contributed by atoms with Crippen molar-refractivity contribution in [2.24, 2.45) is 28.6 Å². The van der Waals surface area contributed by atoms with Crippen LogP contribution in [-0.2, 0) is 33.9 Å². The smallest absolute Gasteiger partial charge is 0.270 e. The molecule has 462 valence electrons. The van der Waals surface area contributed by atoms with Crippen molar-refractivity contribution in [3.63, 3.8) is 0 Å². The molecule has 4 saturated carbocycles. The average Bonchev–Trinajstić information content (AvgIpc) is 1.02. The van der Waals surface area contributed by atoms with Gasteiger partial charge in [-0.2, -0.15) is 5.10 Å². The van der Waals surface area contributed by atoms with Crippen molar-refractivity contribution in [1.82, 2.24) is 45.6 Å². The standard InChI is InChI=1S/C69H83N11O6S2/c1-41(47-20-22-49(23-21-47)61-42(2)71-40-87-61)73-64(84)56-32-50(81)37-79(56)66(86)62(68(4,5)6)76-59(82)19-10-8-7-9-13-27-70-65(85)60-51(53-36-72-80(43(53)3)39-69-33-44-29-45(34-69)31-46(30-44)35-69)24-25-58(75-60)78-28-26-48-15-14-16-52(54(48)38-78)63(83)77-67-74-55-17-11-12-18-57(55)88-67/h11-12,14-18,20-25,36,40-41,44-46,50,56,62,81H,7-10,13,19,26-35,37-39H2,1-6H3,(H,70,85)(H,73,84)(H,76,82)(H,74,77,83)/t41-,44?,45?,46?,50+,56-,62?,69?/m0/s1. The molecule has 1 unspecified atom stereocenters. The summed E-state index contributed by atoms with van der Waals surface area (Å²) in [6, 6.07) is 23.6. The zero-order valence-electron chi connectivity index (χ0n) is 51.6. The molecule has 4 atom stereocenters. The minimum absolute atomic E-state index is 0.00101. The molecule has 4 bridgehead atoms. The fourth-order valence-electron chi connectivity index (χ4n) is 15.2. The Morgan fingerprint density at radius 3 is 2.27 bits per heavy atom. The van der Waals surface area contributed by atoms with Gasteiger partial charge in [-0.25, -0.2) is 15.0 Å². The van der Waals surface area contributed by atoms with E-state index in [1.807, 2.05) is 119 Å². The summed E-state index contributed by atoms with van der Waals surface area (Å²) < 4.78 is 3.20. The Bertz CT molecular complexity index is 3660. The summed E-state index contributed by atoms with van der Waals surface area (Å²) in [6.45, 7) is 14.1. The lowest BCUT2D eigenvalue weighted by Crippen LogP contribution is -2.57. The second-order valence-electron chi connectivity index (χ2n) is 27.0. The minimum atomic E-state index is -0.911. The average molecular weight is 1230 g/mol. The van der Waals surface area contributed by atoms with E-state index in [4.69, 9.17) is 10.1 Å². The number of hydrogen-bond donors (Lipinski definition) is 5. The number of fused-ring (bicyclic) bond motifs is 2. The van der Waals surface area contributed by atoms with Gasteiger partial charge in [0.05, 0.1) is 44.6 Å². The molecule has 13 rings (SSSR count). The van der Waals surface area contributed by atoms with Gasteiger partial charge in [0.1, 0.15) is 23.6 Å². The quantitative estimate of drug-likeness (QED) is 0.0427. The molecule has 0 spiro atoms. The van der Waals surface area contributed by atoms with Gasteiger partial charge in [0.15, 0.2) is 5.13 Å². The number of nitrogens with one attached hydrogen (secondary N) is 4. The molecule has 5 N–H and O–H groups in total. The monoisotopic (exact) mass is 1230 g/mol. The topological polar surface area (TPSA) is 217 Å². The van der Waals surface area contributed by atoms with Crippen LogP contribution in [0.2, 0.25) is 0 Å². The number of nitrogens with zero attached hydrogens (tertiary/aromatic N) is 7. The third-order valence-electron chi connectivity index (χ3n) is 19.4. The molecule has 5 amide bonds. The number of aliphatic hydroxyl groups excluding tert-OH is 1. The van der Waals surface area contributed by atoms with Gasteiger partial charge in [-0.15, -0.1) is 11.3 Å². The highest BCUT2D eigenvalue weighted by Crippen LogP contribution is 2.60. The van der Waals surface area contributed by atoms with Crippen LogP contribution >= 0.6 is 22.7 Å². The van der Waals surface area contributed by atoms with Crippen molar-refractivity contribution < 1.29 is 29.1 Å². The fraction of sp³-hybridized carbons (Fsp3) is 0.493. The van der Waals surface area contributed by atoms with Crippen LogP contribution in [0.1, 0.15) is 166 Å². The number of anilines is 2. The number of benzene rings is 3. The summed E-state index contributed by atoms with van der Waals surface area (Å²) in [5.41, 5.74) is 10.9. The second kappa shape index (κ2) is 25.6. The first-order chi connectivity index (χ1) is 42.3. The van der Waals surface area contributed by atoms with E-state index >= 15 is 0 Å². The maximum atomic E-state index is 14.6. The van der Waals surface area contributed by atoms with Gasteiger partial charge in [-0.3, -0.25) is 34.0 Å². The number of thiazole rings is 2. The summed E-state index contributed by atoms with van der Waals surface area (Å²) >= 11 is 3.03. The number of hydrogen-bond acceptors (Lipinski definition) is 13. The predicted octanol–water partition coefficient (Wildman–Crippen LogP) is 11.8. The first-order valence-electron chi connectivity index (χ1n) is 31.8. The Balaban J connectivity index is 0.658. The maximum Gasteiger partial charge on any atom is 0.270 e. The van der Waals surface area contributed by atoms with Crippen LogP contribution in [0.3, 0.4) is 0 Å². The summed E-state index contributed by atoms with van der Waals surface area (Å²) in [7, 11) is 0. The van der Waals surface area contributed by atoms with E-state index in [9.17, 15) is 29.1 Å². The minimum Gasteiger partial charge on any atom is -0.391 e. The molecule has 1 saturated heterocycles. The number of carbonyl (C=O) groups excluding carboxylic acids is 5. The van der Waals surface area contributed by atoms with Gasteiger partial charge in [-0.1, -0.05) is 99.9 Å². The van der Waals surface area contributed by atoms with Crippen molar-refractivity contribution in [1.29, 1.82) is 0 Å². The molecular weight excluding hydrogens is 1140 g/mol. The van der Waals surface area contributed by atoms with Crippen LogP contribution in [0.4, 0.5) is 10.9 Å². The van der Waals surface area contributed by atoms with E-state index in [1.165, 1.54) is 54.8 Å². The number of carbonyl (C=O) groups is 5. The van der Waals surface area contributed by atoms with Gasteiger partial charge in [0.25, 0.3) is 11.8 Å². The molecule has 0 radical (unpaired) electrons. The van der Waals surface area contributed by atoms with Crippen molar-refractivity contribution in [2.45, 2.75) is 169 Å². The van der Waals surface area contributed by atoms with Crippen LogP contribution in [0.25, 0.3) is 31.8 Å². The van der Waals surface area contributed by atoms with Crippen LogP contribution in [-0.4, -0.2) is 102 Å². The predicted molar refractivity (Wildman–Crippen MR) is 346 cm³/mol. The number of aliphatic hydroxyl groups is 1. The highest BCUT2D eigenvalue weighted by Gasteiger charge is 2.51. The molecule has 5 fully saturated rings. The van der Waals surface area contributed by atoms with Crippen LogP contribution in [0, 0.1) is 42.4 Å². The Morgan fingerprint density at radius 1 is 0.807 bits per heavy atom. The Kier molecular flexibility index (Phi) is 17.7. The van der Waals surface area contributed by atoms with Crippen LogP contribution in [0.5, 0.6) is 0 Å². The molecule has 4 aromatic heterocycles. The molecule has 19 heteroatoms. The lowest BCUT2D eigenvalue weighted by Gasteiger charge is -2.56. The van der Waals surface area contributed by atoms with E-state index in [0.717, 1.165) is 110 Å². The lowest BCUT2D eigenvalue weighted by atomic mass is 9.49. The number of para-hydroxylation sites is 1. The van der Waals surface area contributed by atoms with Gasteiger partial charge >= 0.3 is 0 Å². The summed E-state index contributed by atoms with van der Waals surface area (Å²) in [5.74, 6) is 1.70. The zero-order valence-corrected chi connectivity index (χ0v) is 53.2. The van der Waals surface area contributed by atoms with E-state index in [1.54, 1.807) is 11.3 Å². The van der Waals surface area contributed by atoms with Crippen molar-refractivity contribution in [3.8, 4) is 21.6 Å². The zero-order chi connectivity index (χ0) is 61.4. The van der Waals surface area contributed by atoms with Crippen molar-refractivity contribution in [3.05, 3.63) is 130 Å². The molecule has 2 aliphatic heterocycles. The molecule has 4 aliphatic carbocycles. The maximum absolute atomic E-state index is 14.6. The molecule has 88 heavy (non-hydrogen) atoms. The summed E-state index contributed by atoms with van der Waals surface area (Å²) in [5, 5.41) is 28.7. The molecule has 6 aliphatic rings. The fourth-order valence-corrected chi connectivity index (χ4v) is 16.9.